The molecule has 0 bridgehead atoms. The predicted molar refractivity (Wildman–Crippen MR) is 134 cm³/mol. The summed E-state index contributed by atoms with van der Waals surface area (Å²) >= 11 is 0. The molecular weight excluding hydrogens is 484 g/mol. The number of aromatic nitrogens is 1. The number of rotatable bonds is 8. The van der Waals surface area contributed by atoms with Crippen molar-refractivity contribution in [2.45, 2.75) is 19.1 Å². The SMILES string of the molecule is COC(=O)N(Cc1ccc(C(=O)Nc2ccccc2N)cc1)c1cccnc1.O=C(O)CC(O)C(=O)O. The zero-order valence-corrected chi connectivity index (χ0v) is 19.8. The van der Waals surface area contributed by atoms with E-state index in [-0.39, 0.29) is 12.5 Å². The maximum atomic E-state index is 12.4. The van der Waals surface area contributed by atoms with Gasteiger partial charge in [0.1, 0.15) is 0 Å². The first-order chi connectivity index (χ1) is 17.6. The molecule has 0 spiro atoms. The minimum absolute atomic E-state index is 0.262. The summed E-state index contributed by atoms with van der Waals surface area (Å²) in [6, 6.07) is 17.5. The molecule has 2 aromatic carbocycles. The molecule has 3 rings (SSSR count). The van der Waals surface area contributed by atoms with Gasteiger partial charge in [-0.05, 0) is 42.0 Å². The number of aliphatic carboxylic acids is 2. The van der Waals surface area contributed by atoms with E-state index >= 15 is 0 Å². The number of nitrogens with one attached hydrogen (secondary N) is 1. The Bertz CT molecular complexity index is 1220. The zero-order chi connectivity index (χ0) is 27.4. The Labute approximate surface area is 211 Å². The number of para-hydroxylation sites is 2. The fourth-order valence-electron chi connectivity index (χ4n) is 2.89. The number of aliphatic hydroxyl groups is 1. The number of carbonyl (C=O) groups is 4. The number of nitrogens with two attached hydrogens (primary N) is 1. The molecule has 12 heteroatoms. The van der Waals surface area contributed by atoms with Gasteiger partial charge in [-0.2, -0.15) is 0 Å². The van der Waals surface area contributed by atoms with Gasteiger partial charge < -0.3 is 31.1 Å². The van der Waals surface area contributed by atoms with Crippen LogP contribution in [-0.4, -0.2) is 57.5 Å². The Balaban J connectivity index is 0.000000458. The lowest BCUT2D eigenvalue weighted by Gasteiger charge is -2.21. The third kappa shape index (κ3) is 8.96. The third-order valence-electron chi connectivity index (χ3n) is 4.77. The molecule has 0 aliphatic carbocycles. The Morgan fingerprint density at radius 1 is 1.03 bits per heavy atom. The van der Waals surface area contributed by atoms with E-state index < -0.39 is 30.6 Å². The van der Waals surface area contributed by atoms with Crippen molar-refractivity contribution >= 4 is 41.0 Å². The Morgan fingerprint density at radius 2 is 1.70 bits per heavy atom. The second kappa shape index (κ2) is 13.8. The lowest BCUT2D eigenvalue weighted by molar-refractivity contribution is -0.152. The number of hydrogen-bond donors (Lipinski definition) is 5. The molecule has 0 aliphatic heterocycles. The van der Waals surface area contributed by atoms with Crippen molar-refractivity contribution in [1.82, 2.24) is 4.98 Å². The topological polar surface area (TPSA) is 192 Å². The number of anilines is 3. The van der Waals surface area contributed by atoms with Crippen LogP contribution in [0.1, 0.15) is 22.3 Å². The maximum Gasteiger partial charge on any atom is 0.414 e. The normalized spacial score (nSPS) is 10.8. The van der Waals surface area contributed by atoms with Crippen molar-refractivity contribution in [3.63, 3.8) is 0 Å². The van der Waals surface area contributed by atoms with Crippen LogP contribution in [0.5, 0.6) is 0 Å². The van der Waals surface area contributed by atoms with Crippen molar-refractivity contribution in [3.05, 3.63) is 84.2 Å². The third-order valence-corrected chi connectivity index (χ3v) is 4.77. The van der Waals surface area contributed by atoms with Crippen molar-refractivity contribution in [2.24, 2.45) is 0 Å². The van der Waals surface area contributed by atoms with E-state index in [0.717, 1.165) is 5.56 Å². The highest BCUT2D eigenvalue weighted by Crippen LogP contribution is 2.20. The highest BCUT2D eigenvalue weighted by molar-refractivity contribution is 6.05. The molecule has 0 radical (unpaired) electrons. The fourth-order valence-corrected chi connectivity index (χ4v) is 2.89. The molecule has 194 valence electrons. The van der Waals surface area contributed by atoms with Crippen LogP contribution in [0, 0.1) is 0 Å². The van der Waals surface area contributed by atoms with E-state index in [9.17, 15) is 19.2 Å². The summed E-state index contributed by atoms with van der Waals surface area (Å²) in [7, 11) is 1.33. The molecule has 1 heterocycles. The van der Waals surface area contributed by atoms with Gasteiger partial charge >= 0.3 is 18.0 Å². The van der Waals surface area contributed by atoms with Crippen molar-refractivity contribution in [3.8, 4) is 0 Å². The largest absolute Gasteiger partial charge is 0.481 e. The quantitative estimate of drug-likeness (QED) is 0.281. The molecule has 2 amide bonds. The van der Waals surface area contributed by atoms with Crippen LogP contribution in [0.25, 0.3) is 0 Å². The van der Waals surface area contributed by atoms with Gasteiger partial charge in [0.05, 0.1) is 43.3 Å². The number of carboxylic acids is 2. The summed E-state index contributed by atoms with van der Waals surface area (Å²) in [5.74, 6) is -3.11. The number of carbonyl (C=O) groups excluding carboxylic acids is 2. The second-order valence-electron chi connectivity index (χ2n) is 7.46. The Morgan fingerprint density at radius 3 is 2.22 bits per heavy atom. The van der Waals surface area contributed by atoms with Crippen molar-refractivity contribution in [1.29, 1.82) is 0 Å². The molecule has 1 unspecified atom stereocenters. The molecule has 0 saturated heterocycles. The van der Waals surface area contributed by atoms with Gasteiger partial charge in [-0.15, -0.1) is 0 Å². The summed E-state index contributed by atoms with van der Waals surface area (Å²) < 4.78 is 4.86. The number of nitrogen functional groups attached to an aromatic ring is 1. The molecule has 6 N–H and O–H groups in total. The number of aliphatic hydroxyl groups excluding tert-OH is 1. The van der Waals surface area contributed by atoms with E-state index in [1.54, 1.807) is 73.1 Å². The van der Waals surface area contributed by atoms with Gasteiger partial charge in [-0.1, -0.05) is 24.3 Å². The average Bonchev–Trinajstić information content (AvgIpc) is 2.89. The first-order valence-corrected chi connectivity index (χ1v) is 10.7. The molecule has 1 atom stereocenters. The number of nitrogens with zero attached hydrogens (tertiary/aromatic N) is 2. The zero-order valence-electron chi connectivity index (χ0n) is 19.8. The molecule has 12 nitrogen and oxygen atoms in total. The number of carboxylic acid groups (broad SMARTS) is 2. The minimum atomic E-state index is -1.79. The van der Waals surface area contributed by atoms with Gasteiger partial charge in [-0.3, -0.25) is 19.5 Å². The summed E-state index contributed by atoms with van der Waals surface area (Å²) in [5, 5.41) is 26.9. The summed E-state index contributed by atoms with van der Waals surface area (Å²) in [6.07, 6.45) is 0.182. The van der Waals surface area contributed by atoms with Gasteiger partial charge in [0, 0.05) is 11.8 Å². The highest BCUT2D eigenvalue weighted by Gasteiger charge is 2.18. The number of pyridine rings is 1. The van der Waals surface area contributed by atoms with Crippen LogP contribution in [0.3, 0.4) is 0 Å². The summed E-state index contributed by atoms with van der Waals surface area (Å²) in [4.78, 5) is 49.5. The number of benzene rings is 2. The molecule has 0 saturated carbocycles. The summed E-state index contributed by atoms with van der Waals surface area (Å²) in [6.45, 7) is 0.284. The summed E-state index contributed by atoms with van der Waals surface area (Å²) in [5.41, 5.74) is 8.85. The maximum absolute atomic E-state index is 12.4. The first-order valence-electron chi connectivity index (χ1n) is 10.7. The van der Waals surface area contributed by atoms with Crippen molar-refractivity contribution in [2.75, 3.05) is 23.1 Å². The van der Waals surface area contributed by atoms with Crippen LogP contribution in [-0.2, 0) is 20.9 Å². The first kappa shape index (κ1) is 28.3. The fraction of sp³-hybridized carbons (Fsp3) is 0.160. The van der Waals surface area contributed by atoms with E-state index in [1.165, 1.54) is 12.0 Å². The molecular formula is C25H26N4O8. The number of amides is 2. The average molecular weight is 511 g/mol. The van der Waals surface area contributed by atoms with Crippen molar-refractivity contribution < 1.29 is 39.2 Å². The minimum Gasteiger partial charge on any atom is -0.481 e. The molecule has 1 aromatic heterocycles. The van der Waals surface area contributed by atoms with Crippen LogP contribution in [0.4, 0.5) is 21.9 Å². The molecule has 0 aliphatic rings. The number of ether oxygens (including phenoxy) is 1. The smallest absolute Gasteiger partial charge is 0.414 e. The van der Waals surface area contributed by atoms with Crippen LogP contribution >= 0.6 is 0 Å². The molecule has 0 fully saturated rings. The standard InChI is InChI=1S/C21H20N4O3.C4H6O5/c1-28-21(27)25(17-5-4-12-23-13-17)14-15-8-10-16(11-9-15)20(26)24-19-7-3-2-6-18(19)22;5-2(4(8)9)1-3(6)7/h2-13H,14,22H2,1H3,(H,24,26);2,5H,1H2,(H,6,7)(H,8,9). The lowest BCUT2D eigenvalue weighted by Crippen LogP contribution is -2.30. The Hall–Kier alpha value is -4.97. The number of hydrogen-bond acceptors (Lipinski definition) is 8. The van der Waals surface area contributed by atoms with E-state index in [0.29, 0.717) is 22.6 Å². The number of methoxy groups -OCH3 is 1. The Kier molecular flexibility index (Phi) is 10.5. The predicted octanol–water partition coefficient (Wildman–Crippen LogP) is 2.60. The molecule has 3 aromatic rings. The van der Waals surface area contributed by atoms with Gasteiger partial charge in [0.2, 0.25) is 0 Å². The van der Waals surface area contributed by atoms with E-state index in [4.69, 9.17) is 25.8 Å². The van der Waals surface area contributed by atoms with Crippen LogP contribution < -0.4 is 16.0 Å². The second-order valence-corrected chi connectivity index (χ2v) is 7.46. The molecule has 37 heavy (non-hydrogen) atoms. The highest BCUT2D eigenvalue weighted by atomic mass is 16.5. The lowest BCUT2D eigenvalue weighted by atomic mass is 10.1. The van der Waals surface area contributed by atoms with E-state index in [1.807, 2.05) is 0 Å². The van der Waals surface area contributed by atoms with Crippen LogP contribution in [0.15, 0.2) is 73.1 Å². The monoisotopic (exact) mass is 510 g/mol. The van der Waals surface area contributed by atoms with Gasteiger partial charge in [0.15, 0.2) is 6.10 Å². The van der Waals surface area contributed by atoms with E-state index in [2.05, 4.69) is 10.3 Å². The van der Waals surface area contributed by atoms with Crippen LogP contribution in [0.2, 0.25) is 0 Å². The van der Waals surface area contributed by atoms with Gasteiger partial charge in [0.25, 0.3) is 5.91 Å². The van der Waals surface area contributed by atoms with Gasteiger partial charge in [-0.25, -0.2) is 9.59 Å².